The Morgan fingerprint density at radius 3 is 0.713 bits per heavy atom. The number of esters is 2. The average molecular weight is 1300 g/mol. The number of aliphatic hydroxyl groups is 1. The van der Waals surface area contributed by atoms with E-state index in [1.807, 2.05) is 0 Å². The third-order valence-corrected chi connectivity index (χ3v) is 16.7. The maximum Gasteiger partial charge on any atom is 0.306 e. The van der Waals surface area contributed by atoms with Crippen molar-refractivity contribution in [3.05, 3.63) is 182 Å². The van der Waals surface area contributed by atoms with Crippen LogP contribution in [-0.2, 0) is 19.1 Å². The highest BCUT2D eigenvalue weighted by Crippen LogP contribution is 2.18. The molecule has 1 N–H and O–H groups in total. The standard InChI is InChI=1S/C89H146O5/c1-3-5-7-9-11-13-15-17-19-21-23-25-27-29-31-33-35-37-39-41-43-44-46-47-49-51-53-55-57-59-61-63-65-67-69-71-73-75-77-79-81-83-88(91)93-86-87(85-90)94-89(92)84-82-80-78-76-74-72-70-68-66-64-62-60-58-56-54-52-50-48-45-42-40-38-36-34-32-30-28-26-24-22-20-18-16-14-12-10-8-6-4-2/h6,8,12,14-15,17-18,20-21,23-24,26-27,29-30,32,36,38,42,45,50,52,56,58,62,64,68,70,74,76,87,90H,3-5,7,9-11,13,16,19,22,25,28,31,33-35,37,39-41,43-44,46-49,51,53-55,57,59-61,63,65-67,69,71-73,75,77-86H2,1-2H3/b8-6-,14-12-,17-15-,20-18-,23-21-,26-24-,29-27-,32-30-,38-36-,45-42-,52-50-,58-56-,64-62-,70-68-,76-74-. The summed E-state index contributed by atoms with van der Waals surface area (Å²) in [4.78, 5) is 24.7. The summed E-state index contributed by atoms with van der Waals surface area (Å²) in [5.41, 5.74) is 0. The summed E-state index contributed by atoms with van der Waals surface area (Å²) in [7, 11) is 0. The van der Waals surface area contributed by atoms with Crippen molar-refractivity contribution in [2.75, 3.05) is 13.2 Å². The summed E-state index contributed by atoms with van der Waals surface area (Å²) in [6, 6.07) is 0. The summed E-state index contributed by atoms with van der Waals surface area (Å²) >= 11 is 0. The molecule has 0 rings (SSSR count). The van der Waals surface area contributed by atoms with Gasteiger partial charge < -0.3 is 14.6 Å². The molecule has 0 fully saturated rings. The molecule has 0 bridgehead atoms. The second kappa shape index (κ2) is 82.2. The first kappa shape index (κ1) is 89.0. The van der Waals surface area contributed by atoms with Gasteiger partial charge in [0, 0.05) is 12.8 Å². The van der Waals surface area contributed by atoms with Crippen molar-refractivity contribution in [2.45, 2.75) is 354 Å². The molecule has 0 saturated heterocycles. The van der Waals surface area contributed by atoms with E-state index in [0.717, 1.165) is 122 Å². The van der Waals surface area contributed by atoms with E-state index in [1.165, 1.54) is 193 Å². The monoisotopic (exact) mass is 1300 g/mol. The van der Waals surface area contributed by atoms with Gasteiger partial charge in [-0.05, 0) is 141 Å². The van der Waals surface area contributed by atoms with Crippen LogP contribution in [0, 0.1) is 0 Å². The van der Waals surface area contributed by atoms with Gasteiger partial charge in [0.15, 0.2) is 6.10 Å². The Labute approximate surface area is 582 Å². The van der Waals surface area contributed by atoms with Gasteiger partial charge in [0.2, 0.25) is 0 Å². The van der Waals surface area contributed by atoms with E-state index in [9.17, 15) is 14.7 Å². The minimum absolute atomic E-state index is 0.0912. The number of carbonyl (C=O) groups excluding carboxylic acids is 2. The van der Waals surface area contributed by atoms with E-state index in [1.54, 1.807) is 0 Å². The van der Waals surface area contributed by atoms with Gasteiger partial charge in [-0.3, -0.25) is 9.59 Å². The molecule has 1 unspecified atom stereocenters. The molecule has 94 heavy (non-hydrogen) atoms. The highest BCUT2D eigenvalue weighted by atomic mass is 16.6. The molecular formula is C89H146O5. The van der Waals surface area contributed by atoms with E-state index < -0.39 is 6.10 Å². The molecule has 0 aliphatic rings. The number of aliphatic hydroxyl groups excluding tert-OH is 1. The fourth-order valence-electron chi connectivity index (χ4n) is 10.8. The third kappa shape index (κ3) is 79.4. The topological polar surface area (TPSA) is 72.8 Å². The Morgan fingerprint density at radius 1 is 0.255 bits per heavy atom. The van der Waals surface area contributed by atoms with E-state index in [-0.39, 0.29) is 25.2 Å². The average Bonchev–Trinajstić information content (AvgIpc) is 3.65. The van der Waals surface area contributed by atoms with Crippen LogP contribution >= 0.6 is 0 Å². The quantitative estimate of drug-likeness (QED) is 0.0373. The predicted octanol–water partition coefficient (Wildman–Crippen LogP) is 28.1. The normalized spacial score (nSPS) is 13.3. The fraction of sp³-hybridized carbons (Fsp3) is 0.640. The minimum atomic E-state index is -0.809. The maximum absolute atomic E-state index is 12.4. The van der Waals surface area contributed by atoms with E-state index in [4.69, 9.17) is 9.47 Å². The van der Waals surface area contributed by atoms with Gasteiger partial charge >= 0.3 is 11.9 Å². The van der Waals surface area contributed by atoms with Crippen LogP contribution in [0.25, 0.3) is 0 Å². The van der Waals surface area contributed by atoms with Crippen LogP contribution in [0.1, 0.15) is 348 Å². The van der Waals surface area contributed by atoms with Gasteiger partial charge in [-0.2, -0.15) is 0 Å². The number of hydrogen-bond donors (Lipinski definition) is 1. The summed E-state index contributed by atoms with van der Waals surface area (Å²) in [5.74, 6) is -0.642. The lowest BCUT2D eigenvalue weighted by Gasteiger charge is -2.15. The fourth-order valence-corrected chi connectivity index (χ4v) is 10.8. The van der Waals surface area contributed by atoms with Crippen molar-refractivity contribution in [3.63, 3.8) is 0 Å². The molecule has 1 atom stereocenters. The van der Waals surface area contributed by atoms with E-state index in [0.29, 0.717) is 19.3 Å². The first-order valence-corrected chi connectivity index (χ1v) is 39.3. The molecule has 0 aromatic carbocycles. The summed E-state index contributed by atoms with van der Waals surface area (Å²) in [6.45, 7) is 4.00. The summed E-state index contributed by atoms with van der Waals surface area (Å²) in [5, 5.41) is 9.71. The van der Waals surface area contributed by atoms with Crippen LogP contribution < -0.4 is 0 Å². The van der Waals surface area contributed by atoms with Crippen molar-refractivity contribution in [2.24, 2.45) is 0 Å². The van der Waals surface area contributed by atoms with Gasteiger partial charge in [0.1, 0.15) is 6.61 Å². The van der Waals surface area contributed by atoms with Crippen LogP contribution in [0.5, 0.6) is 0 Å². The zero-order valence-electron chi connectivity index (χ0n) is 61.2. The van der Waals surface area contributed by atoms with Crippen LogP contribution in [0.3, 0.4) is 0 Å². The first-order chi connectivity index (χ1) is 46.6. The lowest BCUT2D eigenvalue weighted by atomic mass is 10.0. The van der Waals surface area contributed by atoms with Gasteiger partial charge in [0.05, 0.1) is 6.61 Å². The van der Waals surface area contributed by atoms with E-state index >= 15 is 0 Å². The Hall–Kier alpha value is -5.00. The Balaban J connectivity index is 3.55. The number of carbonyl (C=O) groups is 2. The zero-order valence-corrected chi connectivity index (χ0v) is 61.2. The largest absolute Gasteiger partial charge is 0.462 e. The molecule has 0 radical (unpaired) electrons. The van der Waals surface area contributed by atoms with Crippen molar-refractivity contribution in [1.82, 2.24) is 0 Å². The minimum Gasteiger partial charge on any atom is -0.462 e. The highest BCUT2D eigenvalue weighted by Gasteiger charge is 2.16. The SMILES string of the molecule is CC/C=C\C/C=C\C/C=C\C/C=C\C/C=C\C/C=C\C/C=C\C/C=C\C/C=C\C/C=C\C/C=C\C/C=C\CCCCC(=O)OC(CO)COC(=O)CCCCCCCCCCCCCCCCCCCCCCCCCCCC/C=C\C/C=C\C/C=C\CCCCCCC. The Bertz CT molecular complexity index is 2060. The molecule has 0 aromatic rings. The lowest BCUT2D eigenvalue weighted by molar-refractivity contribution is -0.161. The van der Waals surface area contributed by atoms with Gasteiger partial charge in [-0.1, -0.05) is 376 Å². The second-order valence-corrected chi connectivity index (χ2v) is 25.7. The number of ether oxygens (including phenoxy) is 2. The molecule has 0 amide bonds. The predicted molar refractivity (Wildman–Crippen MR) is 416 cm³/mol. The van der Waals surface area contributed by atoms with Crippen molar-refractivity contribution >= 4 is 11.9 Å². The van der Waals surface area contributed by atoms with Crippen molar-refractivity contribution in [3.8, 4) is 0 Å². The molecule has 5 nitrogen and oxygen atoms in total. The van der Waals surface area contributed by atoms with Gasteiger partial charge in [0.25, 0.3) is 0 Å². The molecule has 0 spiro atoms. The molecule has 532 valence electrons. The van der Waals surface area contributed by atoms with Crippen LogP contribution in [-0.4, -0.2) is 36.4 Å². The molecule has 0 aliphatic heterocycles. The summed E-state index contributed by atoms with van der Waals surface area (Å²) < 4.78 is 10.7. The maximum atomic E-state index is 12.4. The third-order valence-electron chi connectivity index (χ3n) is 16.7. The highest BCUT2D eigenvalue weighted by molar-refractivity contribution is 5.70. The molecule has 0 heterocycles. The number of rotatable bonds is 71. The van der Waals surface area contributed by atoms with Crippen LogP contribution in [0.2, 0.25) is 0 Å². The number of allylic oxidation sites excluding steroid dienone is 30. The molecule has 0 aromatic heterocycles. The van der Waals surface area contributed by atoms with Gasteiger partial charge in [-0.15, -0.1) is 0 Å². The lowest BCUT2D eigenvalue weighted by Crippen LogP contribution is -2.28. The van der Waals surface area contributed by atoms with Crippen molar-refractivity contribution in [1.29, 1.82) is 0 Å². The molecule has 0 saturated carbocycles. The smallest absolute Gasteiger partial charge is 0.306 e. The van der Waals surface area contributed by atoms with Crippen LogP contribution in [0.4, 0.5) is 0 Å². The molecular weight excluding hydrogens is 1150 g/mol. The van der Waals surface area contributed by atoms with Crippen molar-refractivity contribution < 1.29 is 24.2 Å². The number of hydrogen-bond acceptors (Lipinski definition) is 5. The second-order valence-electron chi connectivity index (χ2n) is 25.7. The van der Waals surface area contributed by atoms with Gasteiger partial charge in [-0.25, -0.2) is 0 Å². The molecule has 5 heteroatoms. The zero-order chi connectivity index (χ0) is 67.5. The van der Waals surface area contributed by atoms with Crippen LogP contribution in [0.15, 0.2) is 182 Å². The molecule has 0 aliphatic carbocycles. The Morgan fingerprint density at radius 2 is 0.457 bits per heavy atom. The van der Waals surface area contributed by atoms with E-state index in [2.05, 4.69) is 196 Å². The number of unbranched alkanes of at least 4 members (excludes halogenated alkanes) is 33. The summed E-state index contributed by atoms with van der Waals surface area (Å²) in [6.07, 6.45) is 128. The Kier molecular flexibility index (Phi) is 77.9. The first-order valence-electron chi connectivity index (χ1n) is 39.3.